The van der Waals surface area contributed by atoms with Crippen molar-refractivity contribution in [1.82, 2.24) is 0 Å². The van der Waals surface area contributed by atoms with Gasteiger partial charge in [0, 0.05) is 0 Å². The van der Waals surface area contributed by atoms with Crippen molar-refractivity contribution in [3.05, 3.63) is 54.1 Å². The average Bonchev–Trinajstić information content (AvgIpc) is 2.75. The number of ether oxygens (including phenoxy) is 2. The summed E-state index contributed by atoms with van der Waals surface area (Å²) in [6.45, 7) is 5.21. The smallest absolute Gasteiger partial charge is 0.308 e. The second-order valence-electron chi connectivity index (χ2n) is 7.86. The summed E-state index contributed by atoms with van der Waals surface area (Å²) in [5.74, 6) is 0.675. The van der Waals surface area contributed by atoms with E-state index >= 15 is 0 Å². The molecular formula is C25H32O4. The Labute approximate surface area is 173 Å². The van der Waals surface area contributed by atoms with Gasteiger partial charge in [0.2, 0.25) is 0 Å². The molecule has 1 fully saturated rings. The molecule has 0 aliphatic heterocycles. The van der Waals surface area contributed by atoms with Crippen molar-refractivity contribution in [3.63, 3.8) is 0 Å². The summed E-state index contributed by atoms with van der Waals surface area (Å²) in [5, 5.41) is 11.1. The molecule has 0 unspecified atom stereocenters. The first-order valence-electron chi connectivity index (χ1n) is 10.8. The Kier molecular flexibility index (Phi) is 7.32. The van der Waals surface area contributed by atoms with Gasteiger partial charge in [0.25, 0.3) is 0 Å². The molecular weight excluding hydrogens is 364 g/mol. The molecule has 0 heterocycles. The number of carbonyl (C=O) groups is 1. The van der Waals surface area contributed by atoms with Crippen molar-refractivity contribution in [2.75, 3.05) is 13.2 Å². The van der Waals surface area contributed by atoms with E-state index in [1.807, 2.05) is 55.5 Å². The molecule has 0 aromatic heterocycles. The van der Waals surface area contributed by atoms with Crippen LogP contribution >= 0.6 is 0 Å². The van der Waals surface area contributed by atoms with Crippen molar-refractivity contribution in [3.8, 4) is 16.9 Å². The summed E-state index contributed by atoms with van der Waals surface area (Å²) in [4.78, 5) is 12.2. The van der Waals surface area contributed by atoms with Gasteiger partial charge < -0.3 is 14.6 Å². The highest BCUT2D eigenvalue weighted by molar-refractivity contribution is 5.72. The van der Waals surface area contributed by atoms with Crippen LogP contribution < -0.4 is 4.74 Å². The minimum atomic E-state index is -0.864. The largest absolute Gasteiger partial charge is 0.494 e. The standard InChI is InChI=1S/C25H32O4/c1-3-5-18-29-24(26)21-14-16-25(27,17-15-21)22-10-6-19(7-11-22)20-8-12-23(13-9-20)28-4-2/h6-13,21,27H,3-5,14-18H2,1-2H3. The van der Waals surface area contributed by atoms with E-state index in [1.54, 1.807) is 0 Å². The molecule has 0 radical (unpaired) electrons. The minimum Gasteiger partial charge on any atom is -0.494 e. The lowest BCUT2D eigenvalue weighted by Gasteiger charge is -2.35. The van der Waals surface area contributed by atoms with Gasteiger partial charge >= 0.3 is 5.97 Å². The third kappa shape index (κ3) is 5.39. The van der Waals surface area contributed by atoms with E-state index in [1.165, 1.54) is 0 Å². The zero-order valence-corrected chi connectivity index (χ0v) is 17.5. The van der Waals surface area contributed by atoms with Crippen molar-refractivity contribution >= 4 is 5.97 Å². The maximum atomic E-state index is 12.2. The van der Waals surface area contributed by atoms with E-state index in [4.69, 9.17) is 9.47 Å². The first-order chi connectivity index (χ1) is 14.1. The number of rotatable bonds is 8. The number of carbonyl (C=O) groups excluding carboxylic acids is 1. The van der Waals surface area contributed by atoms with Gasteiger partial charge in [-0.15, -0.1) is 0 Å². The first-order valence-corrected chi connectivity index (χ1v) is 10.8. The maximum Gasteiger partial charge on any atom is 0.308 e. The molecule has 4 nitrogen and oxygen atoms in total. The van der Waals surface area contributed by atoms with Crippen LogP contribution in [0, 0.1) is 5.92 Å². The summed E-state index contributed by atoms with van der Waals surface area (Å²) < 4.78 is 10.8. The van der Waals surface area contributed by atoms with Crippen LogP contribution in [0.25, 0.3) is 11.1 Å². The van der Waals surface area contributed by atoms with Crippen LogP contribution in [0.5, 0.6) is 5.75 Å². The molecule has 1 aliphatic carbocycles. The second-order valence-corrected chi connectivity index (χ2v) is 7.86. The molecule has 4 heteroatoms. The molecule has 0 amide bonds. The highest BCUT2D eigenvalue weighted by Gasteiger charge is 2.37. The number of unbranched alkanes of at least 4 members (excludes halogenated alkanes) is 1. The molecule has 3 rings (SSSR count). The van der Waals surface area contributed by atoms with Crippen molar-refractivity contribution in [1.29, 1.82) is 0 Å². The molecule has 1 N–H and O–H groups in total. The fourth-order valence-electron chi connectivity index (χ4n) is 3.94. The Bertz CT molecular complexity index is 771. The minimum absolute atomic E-state index is 0.0877. The highest BCUT2D eigenvalue weighted by atomic mass is 16.5. The van der Waals surface area contributed by atoms with Gasteiger partial charge in [0.05, 0.1) is 24.7 Å². The second kappa shape index (κ2) is 9.93. The third-order valence-corrected chi connectivity index (χ3v) is 5.81. The van der Waals surface area contributed by atoms with Gasteiger partial charge in [-0.05, 0) is 67.9 Å². The molecule has 1 aliphatic rings. The number of hydrogen-bond acceptors (Lipinski definition) is 4. The van der Waals surface area contributed by atoms with Crippen LogP contribution in [0.15, 0.2) is 48.5 Å². The third-order valence-electron chi connectivity index (χ3n) is 5.81. The van der Waals surface area contributed by atoms with E-state index in [-0.39, 0.29) is 11.9 Å². The lowest BCUT2D eigenvalue weighted by molar-refractivity contribution is -0.151. The predicted molar refractivity (Wildman–Crippen MR) is 115 cm³/mol. The van der Waals surface area contributed by atoms with Gasteiger partial charge in [0.1, 0.15) is 5.75 Å². The summed E-state index contributed by atoms with van der Waals surface area (Å²) >= 11 is 0. The number of benzene rings is 2. The van der Waals surface area contributed by atoms with Crippen LogP contribution in [0.1, 0.15) is 57.9 Å². The van der Waals surface area contributed by atoms with Gasteiger partial charge in [0.15, 0.2) is 0 Å². The molecule has 0 saturated heterocycles. The Morgan fingerprint density at radius 2 is 1.59 bits per heavy atom. The van der Waals surface area contributed by atoms with Crippen LogP contribution in [0.3, 0.4) is 0 Å². The van der Waals surface area contributed by atoms with Crippen molar-refractivity contribution in [2.24, 2.45) is 5.92 Å². The van der Waals surface area contributed by atoms with E-state index in [9.17, 15) is 9.90 Å². The van der Waals surface area contributed by atoms with E-state index in [2.05, 4.69) is 6.92 Å². The van der Waals surface area contributed by atoms with Gasteiger partial charge in [-0.1, -0.05) is 49.7 Å². The van der Waals surface area contributed by atoms with E-state index in [0.29, 0.717) is 38.9 Å². The normalized spacial score (nSPS) is 21.6. The SMILES string of the molecule is CCCCOC(=O)C1CCC(O)(c2ccc(-c3ccc(OCC)cc3)cc2)CC1. The molecule has 2 aromatic rings. The van der Waals surface area contributed by atoms with Crippen molar-refractivity contribution in [2.45, 2.75) is 58.0 Å². The predicted octanol–water partition coefficient (Wildman–Crippen LogP) is 5.47. The fraction of sp³-hybridized carbons (Fsp3) is 0.480. The number of hydrogen-bond donors (Lipinski definition) is 1. The van der Waals surface area contributed by atoms with E-state index in [0.717, 1.165) is 35.3 Å². The highest BCUT2D eigenvalue weighted by Crippen LogP contribution is 2.40. The Morgan fingerprint density at radius 1 is 1.00 bits per heavy atom. The van der Waals surface area contributed by atoms with Crippen LogP contribution in [-0.4, -0.2) is 24.3 Å². The summed E-state index contributed by atoms with van der Waals surface area (Å²) in [6.07, 6.45) is 4.43. The molecule has 0 atom stereocenters. The molecule has 1 saturated carbocycles. The lowest BCUT2D eigenvalue weighted by Crippen LogP contribution is -2.34. The molecule has 156 valence electrons. The van der Waals surface area contributed by atoms with Gasteiger partial charge in [-0.2, -0.15) is 0 Å². The number of esters is 1. The molecule has 0 spiro atoms. The van der Waals surface area contributed by atoms with Gasteiger partial charge in [-0.3, -0.25) is 4.79 Å². The van der Waals surface area contributed by atoms with Gasteiger partial charge in [-0.25, -0.2) is 0 Å². The van der Waals surface area contributed by atoms with Crippen molar-refractivity contribution < 1.29 is 19.4 Å². The average molecular weight is 397 g/mol. The lowest BCUT2D eigenvalue weighted by atomic mass is 9.75. The fourth-order valence-corrected chi connectivity index (χ4v) is 3.94. The quantitative estimate of drug-likeness (QED) is 0.475. The summed E-state index contributed by atoms with van der Waals surface area (Å²) in [5.41, 5.74) is 2.28. The molecule has 2 aromatic carbocycles. The molecule has 0 bridgehead atoms. The van der Waals surface area contributed by atoms with E-state index < -0.39 is 5.60 Å². The maximum absolute atomic E-state index is 12.2. The summed E-state index contributed by atoms with van der Waals surface area (Å²) in [6, 6.07) is 16.1. The monoisotopic (exact) mass is 396 g/mol. The van der Waals surface area contributed by atoms with Crippen LogP contribution in [0.4, 0.5) is 0 Å². The topological polar surface area (TPSA) is 55.8 Å². The number of aliphatic hydroxyl groups is 1. The Balaban J connectivity index is 1.60. The van der Waals surface area contributed by atoms with Crippen LogP contribution in [-0.2, 0) is 15.1 Å². The zero-order valence-electron chi connectivity index (χ0n) is 17.5. The zero-order chi connectivity index (χ0) is 20.7. The first kappa shape index (κ1) is 21.4. The Hall–Kier alpha value is -2.33. The molecule has 29 heavy (non-hydrogen) atoms. The van der Waals surface area contributed by atoms with Crippen LogP contribution in [0.2, 0.25) is 0 Å². The summed E-state index contributed by atoms with van der Waals surface area (Å²) in [7, 11) is 0. The Morgan fingerprint density at radius 3 is 2.14 bits per heavy atom.